The predicted octanol–water partition coefficient (Wildman–Crippen LogP) is 0.143. The summed E-state index contributed by atoms with van der Waals surface area (Å²) in [4.78, 5) is 45.8. The first kappa shape index (κ1) is 16.1. The fourth-order valence-corrected chi connectivity index (χ4v) is 1.93. The van der Waals surface area contributed by atoms with E-state index in [0.29, 0.717) is 13.0 Å². The maximum Gasteiger partial charge on any atom is 0.303 e. The monoisotopic (exact) mass is 284 g/mol. The summed E-state index contributed by atoms with van der Waals surface area (Å²) in [5, 5.41) is 11.2. The lowest BCUT2D eigenvalue weighted by Crippen LogP contribution is -2.35. The van der Waals surface area contributed by atoms with Crippen molar-refractivity contribution in [2.24, 2.45) is 5.92 Å². The third kappa shape index (κ3) is 5.38. The van der Waals surface area contributed by atoms with Crippen LogP contribution in [0.5, 0.6) is 0 Å². The van der Waals surface area contributed by atoms with Crippen LogP contribution < -0.4 is 5.32 Å². The zero-order valence-electron chi connectivity index (χ0n) is 11.6. The van der Waals surface area contributed by atoms with Gasteiger partial charge in [0.15, 0.2) is 0 Å². The van der Waals surface area contributed by atoms with E-state index in [2.05, 4.69) is 5.32 Å². The molecule has 3 amide bonds. The van der Waals surface area contributed by atoms with Gasteiger partial charge in [-0.05, 0) is 12.3 Å². The average Bonchev–Trinajstić information content (AvgIpc) is 2.71. The number of imide groups is 1. The molecule has 1 heterocycles. The molecule has 0 radical (unpaired) electrons. The highest BCUT2D eigenvalue weighted by Crippen LogP contribution is 2.11. The van der Waals surface area contributed by atoms with Gasteiger partial charge in [-0.1, -0.05) is 6.92 Å². The number of hydrogen-bond donors (Lipinski definition) is 2. The molecule has 7 heteroatoms. The summed E-state index contributed by atoms with van der Waals surface area (Å²) < 4.78 is 0. The Morgan fingerprint density at radius 3 is 2.40 bits per heavy atom. The summed E-state index contributed by atoms with van der Waals surface area (Å²) in [6.45, 7) is 2.37. The Balaban J connectivity index is 2.18. The van der Waals surface area contributed by atoms with Gasteiger partial charge in [-0.3, -0.25) is 24.1 Å². The van der Waals surface area contributed by atoms with Crippen LogP contribution in [0.4, 0.5) is 0 Å². The molecule has 1 fully saturated rings. The SMILES string of the molecule is CC(CCC(=O)O)CNC(=O)CCN1C(=O)CCC1=O. The molecule has 1 unspecified atom stereocenters. The predicted molar refractivity (Wildman–Crippen MR) is 69.6 cm³/mol. The largest absolute Gasteiger partial charge is 0.481 e. The molecule has 1 aliphatic heterocycles. The summed E-state index contributed by atoms with van der Waals surface area (Å²) in [6.07, 6.45) is 1.12. The van der Waals surface area contributed by atoms with Crippen LogP contribution in [0.1, 0.15) is 39.0 Å². The third-order valence-corrected chi connectivity index (χ3v) is 3.22. The minimum absolute atomic E-state index is 0.0742. The lowest BCUT2D eigenvalue weighted by Gasteiger charge is -2.14. The average molecular weight is 284 g/mol. The van der Waals surface area contributed by atoms with Gasteiger partial charge in [0.05, 0.1) is 0 Å². The lowest BCUT2D eigenvalue weighted by molar-refractivity contribution is -0.139. The van der Waals surface area contributed by atoms with Crippen molar-refractivity contribution in [3.05, 3.63) is 0 Å². The molecule has 20 heavy (non-hydrogen) atoms. The van der Waals surface area contributed by atoms with Crippen LogP contribution in [-0.4, -0.2) is 46.8 Å². The molecule has 1 aliphatic rings. The quantitative estimate of drug-likeness (QED) is 0.617. The first-order valence-electron chi connectivity index (χ1n) is 6.72. The van der Waals surface area contributed by atoms with Crippen molar-refractivity contribution in [2.75, 3.05) is 13.1 Å². The first-order chi connectivity index (χ1) is 9.40. The number of nitrogens with one attached hydrogen (secondary N) is 1. The number of carbonyl (C=O) groups is 4. The van der Waals surface area contributed by atoms with Gasteiger partial charge in [0.25, 0.3) is 0 Å². The molecule has 1 rings (SSSR count). The van der Waals surface area contributed by atoms with E-state index >= 15 is 0 Å². The number of rotatable bonds is 8. The number of aliphatic carboxylic acids is 1. The van der Waals surface area contributed by atoms with Crippen LogP contribution in [0.25, 0.3) is 0 Å². The molecule has 0 saturated carbocycles. The van der Waals surface area contributed by atoms with Crippen molar-refractivity contribution in [1.82, 2.24) is 10.2 Å². The van der Waals surface area contributed by atoms with E-state index in [1.807, 2.05) is 6.92 Å². The zero-order valence-corrected chi connectivity index (χ0v) is 11.6. The second-order valence-electron chi connectivity index (χ2n) is 5.03. The van der Waals surface area contributed by atoms with Gasteiger partial charge in [-0.15, -0.1) is 0 Å². The number of carbonyl (C=O) groups excluding carboxylic acids is 3. The second-order valence-corrected chi connectivity index (χ2v) is 5.03. The Bertz CT molecular complexity index is 392. The van der Waals surface area contributed by atoms with Gasteiger partial charge in [-0.2, -0.15) is 0 Å². The van der Waals surface area contributed by atoms with Crippen LogP contribution in [-0.2, 0) is 19.2 Å². The standard InChI is InChI=1S/C13H20N2O5/c1-9(2-5-13(19)20)8-14-10(16)6-7-15-11(17)3-4-12(15)18/h9H,2-8H2,1H3,(H,14,16)(H,19,20). The van der Waals surface area contributed by atoms with Gasteiger partial charge in [0.1, 0.15) is 0 Å². The smallest absolute Gasteiger partial charge is 0.303 e. The van der Waals surface area contributed by atoms with E-state index in [0.717, 1.165) is 4.90 Å². The van der Waals surface area contributed by atoms with E-state index in [-0.39, 0.29) is 55.9 Å². The van der Waals surface area contributed by atoms with Crippen molar-refractivity contribution in [2.45, 2.75) is 39.0 Å². The van der Waals surface area contributed by atoms with Crippen molar-refractivity contribution < 1.29 is 24.3 Å². The molecule has 2 N–H and O–H groups in total. The van der Waals surface area contributed by atoms with Crippen LogP contribution >= 0.6 is 0 Å². The highest BCUT2D eigenvalue weighted by Gasteiger charge is 2.28. The van der Waals surface area contributed by atoms with E-state index in [1.165, 1.54) is 0 Å². The minimum Gasteiger partial charge on any atom is -0.481 e. The molecule has 7 nitrogen and oxygen atoms in total. The molecule has 112 valence electrons. The Morgan fingerprint density at radius 1 is 1.25 bits per heavy atom. The van der Waals surface area contributed by atoms with Crippen LogP contribution in [0.3, 0.4) is 0 Å². The number of nitrogens with zero attached hydrogens (tertiary/aromatic N) is 1. The van der Waals surface area contributed by atoms with Crippen molar-refractivity contribution in [1.29, 1.82) is 0 Å². The van der Waals surface area contributed by atoms with Crippen molar-refractivity contribution in [3.8, 4) is 0 Å². The summed E-state index contributed by atoms with van der Waals surface area (Å²) in [7, 11) is 0. The van der Waals surface area contributed by atoms with Crippen LogP contribution in [0, 0.1) is 5.92 Å². The maximum absolute atomic E-state index is 11.6. The van der Waals surface area contributed by atoms with E-state index in [9.17, 15) is 19.2 Å². The number of likely N-dealkylation sites (tertiary alicyclic amines) is 1. The molecule has 1 saturated heterocycles. The van der Waals surface area contributed by atoms with Gasteiger partial charge in [-0.25, -0.2) is 0 Å². The Labute approximate surface area is 117 Å². The molecule has 1 atom stereocenters. The normalized spacial score (nSPS) is 16.4. The molecular formula is C13H20N2O5. The van der Waals surface area contributed by atoms with Gasteiger partial charge in [0.2, 0.25) is 17.7 Å². The van der Waals surface area contributed by atoms with Gasteiger partial charge in [0, 0.05) is 38.8 Å². The third-order valence-electron chi connectivity index (χ3n) is 3.22. The number of carboxylic acid groups (broad SMARTS) is 1. The topological polar surface area (TPSA) is 104 Å². The lowest BCUT2D eigenvalue weighted by atomic mass is 10.1. The minimum atomic E-state index is -0.853. The fraction of sp³-hybridized carbons (Fsp3) is 0.692. The molecule has 0 aromatic carbocycles. The highest BCUT2D eigenvalue weighted by molar-refractivity contribution is 6.02. The number of amides is 3. The van der Waals surface area contributed by atoms with E-state index in [4.69, 9.17) is 5.11 Å². The Kier molecular flexibility index (Phi) is 6.14. The summed E-state index contributed by atoms with van der Waals surface area (Å²) in [5.41, 5.74) is 0. The fourth-order valence-electron chi connectivity index (χ4n) is 1.93. The van der Waals surface area contributed by atoms with E-state index < -0.39 is 5.97 Å². The van der Waals surface area contributed by atoms with Crippen molar-refractivity contribution in [3.63, 3.8) is 0 Å². The maximum atomic E-state index is 11.6. The molecule has 0 aliphatic carbocycles. The van der Waals surface area contributed by atoms with E-state index in [1.54, 1.807) is 0 Å². The molecule has 0 aromatic rings. The Hall–Kier alpha value is -1.92. The molecular weight excluding hydrogens is 264 g/mol. The van der Waals surface area contributed by atoms with Gasteiger partial charge < -0.3 is 10.4 Å². The number of carboxylic acids is 1. The first-order valence-corrected chi connectivity index (χ1v) is 6.72. The number of hydrogen-bond acceptors (Lipinski definition) is 4. The highest BCUT2D eigenvalue weighted by atomic mass is 16.4. The van der Waals surface area contributed by atoms with Gasteiger partial charge >= 0.3 is 5.97 Å². The van der Waals surface area contributed by atoms with Crippen molar-refractivity contribution >= 4 is 23.7 Å². The molecule has 0 aromatic heterocycles. The summed E-state index contributed by atoms with van der Waals surface area (Å²) in [6, 6.07) is 0. The van der Waals surface area contributed by atoms with Crippen LogP contribution in [0.15, 0.2) is 0 Å². The zero-order chi connectivity index (χ0) is 15.1. The second kappa shape index (κ2) is 7.62. The molecule has 0 spiro atoms. The Morgan fingerprint density at radius 2 is 1.85 bits per heavy atom. The summed E-state index contributed by atoms with van der Waals surface area (Å²) in [5.74, 6) is -1.46. The van der Waals surface area contributed by atoms with Crippen LogP contribution in [0.2, 0.25) is 0 Å². The summed E-state index contributed by atoms with van der Waals surface area (Å²) >= 11 is 0. The molecule has 0 bridgehead atoms.